The highest BCUT2D eigenvalue weighted by Gasteiger charge is 2.00. The molecule has 1 aromatic rings. The lowest BCUT2D eigenvalue weighted by atomic mass is 10.2. The third kappa shape index (κ3) is 3.68. The molecule has 0 spiro atoms. The van der Waals surface area contributed by atoms with Crippen molar-refractivity contribution < 1.29 is 19.5 Å². The fourth-order valence-corrected chi connectivity index (χ4v) is 0.867. The third-order valence-electron chi connectivity index (χ3n) is 1.52. The van der Waals surface area contributed by atoms with Crippen LogP contribution in [-0.2, 0) is 9.57 Å². The average Bonchev–Trinajstić information content (AvgIpc) is 2.21. The van der Waals surface area contributed by atoms with E-state index in [2.05, 4.69) is 14.7 Å². The number of hydrogen-bond acceptors (Lipinski definition) is 5. The van der Waals surface area contributed by atoms with Gasteiger partial charge in [-0.2, -0.15) is 0 Å². The van der Waals surface area contributed by atoms with Crippen molar-refractivity contribution in [2.24, 2.45) is 5.16 Å². The zero-order chi connectivity index (χ0) is 11.1. The molecule has 1 aromatic carbocycles. The summed E-state index contributed by atoms with van der Waals surface area (Å²) in [5.41, 5.74) is 0.460. The lowest BCUT2D eigenvalue weighted by molar-refractivity contribution is 0.0618. The maximum absolute atomic E-state index is 10.7. The molecule has 5 heteroatoms. The van der Waals surface area contributed by atoms with Crippen molar-refractivity contribution in [1.82, 2.24) is 0 Å². The van der Waals surface area contributed by atoms with E-state index in [-0.39, 0.29) is 12.4 Å². The molecule has 1 N–H and O–H groups in total. The number of carbonyl (C=O) groups is 1. The van der Waals surface area contributed by atoms with Crippen LogP contribution in [0.5, 0.6) is 5.75 Å². The van der Waals surface area contributed by atoms with Gasteiger partial charge in [-0.1, -0.05) is 17.3 Å². The number of phenols is 1. The molecule has 0 aliphatic heterocycles. The van der Waals surface area contributed by atoms with Gasteiger partial charge in [-0.25, -0.2) is 4.79 Å². The van der Waals surface area contributed by atoms with Gasteiger partial charge < -0.3 is 9.84 Å². The summed E-state index contributed by atoms with van der Waals surface area (Å²) in [4.78, 5) is 15.0. The van der Waals surface area contributed by atoms with Gasteiger partial charge in [0.25, 0.3) is 0 Å². The first-order valence-electron chi connectivity index (χ1n) is 4.39. The van der Waals surface area contributed by atoms with E-state index in [9.17, 15) is 9.90 Å². The van der Waals surface area contributed by atoms with E-state index >= 15 is 0 Å². The summed E-state index contributed by atoms with van der Waals surface area (Å²) in [5, 5.41) is 12.7. The fourth-order valence-electron chi connectivity index (χ4n) is 0.867. The second-order valence-corrected chi connectivity index (χ2v) is 2.57. The molecule has 0 fully saturated rings. The summed E-state index contributed by atoms with van der Waals surface area (Å²) in [5.74, 6) is 0.0636. The molecule has 0 aromatic heterocycles. The third-order valence-corrected chi connectivity index (χ3v) is 1.52. The van der Waals surface area contributed by atoms with Gasteiger partial charge in [-0.3, -0.25) is 4.84 Å². The van der Waals surface area contributed by atoms with E-state index in [1.165, 1.54) is 12.3 Å². The van der Waals surface area contributed by atoms with Crippen LogP contribution in [0.1, 0.15) is 12.5 Å². The molecule has 0 amide bonds. The number of para-hydroxylation sites is 1. The molecule has 1 rings (SSSR count). The molecule has 80 valence electrons. The number of ether oxygens (including phenoxy) is 1. The number of hydrogen-bond donors (Lipinski definition) is 1. The molecule has 0 saturated heterocycles. The number of aromatic hydroxyl groups is 1. The molecule has 0 aliphatic carbocycles. The van der Waals surface area contributed by atoms with Crippen LogP contribution in [0.15, 0.2) is 29.4 Å². The van der Waals surface area contributed by atoms with Crippen molar-refractivity contribution in [1.29, 1.82) is 0 Å². The Balaban J connectivity index is 2.52. The van der Waals surface area contributed by atoms with Crippen molar-refractivity contribution in [3.05, 3.63) is 29.8 Å². The molecule has 0 bridgehead atoms. The topological polar surface area (TPSA) is 68.1 Å². The Bertz CT molecular complexity index is 362. The van der Waals surface area contributed by atoms with E-state index in [0.29, 0.717) is 5.56 Å². The van der Waals surface area contributed by atoms with Crippen molar-refractivity contribution in [2.75, 3.05) is 6.61 Å². The Kier molecular flexibility index (Phi) is 4.15. The second-order valence-electron chi connectivity index (χ2n) is 2.57. The zero-order valence-corrected chi connectivity index (χ0v) is 8.21. The van der Waals surface area contributed by atoms with Crippen LogP contribution in [-0.4, -0.2) is 24.1 Å². The van der Waals surface area contributed by atoms with Gasteiger partial charge in [0, 0.05) is 5.56 Å². The molecule has 0 unspecified atom stereocenters. The lowest BCUT2D eigenvalue weighted by Gasteiger charge is -1.97. The number of carbonyl (C=O) groups excluding carboxylic acids is 1. The predicted molar refractivity (Wildman–Crippen MR) is 53.8 cm³/mol. The number of nitrogens with zero attached hydrogens (tertiary/aromatic N) is 1. The summed E-state index contributed by atoms with van der Waals surface area (Å²) in [6.07, 6.45) is 0.357. The van der Waals surface area contributed by atoms with Crippen molar-refractivity contribution in [2.45, 2.75) is 6.92 Å². The van der Waals surface area contributed by atoms with Gasteiger partial charge >= 0.3 is 6.16 Å². The van der Waals surface area contributed by atoms with Crippen LogP contribution < -0.4 is 0 Å². The molecular weight excluding hydrogens is 198 g/mol. The highest BCUT2D eigenvalue weighted by Crippen LogP contribution is 2.12. The molecule has 0 saturated carbocycles. The average molecular weight is 209 g/mol. The number of oxime groups is 1. The van der Waals surface area contributed by atoms with Crippen molar-refractivity contribution in [3.8, 4) is 5.75 Å². The Morgan fingerprint density at radius 3 is 2.93 bits per heavy atom. The van der Waals surface area contributed by atoms with Crippen LogP contribution >= 0.6 is 0 Å². The first kappa shape index (κ1) is 11.0. The van der Waals surface area contributed by atoms with E-state index in [1.54, 1.807) is 25.1 Å². The first-order chi connectivity index (χ1) is 7.24. The lowest BCUT2D eigenvalue weighted by Crippen LogP contribution is -2.02. The molecular formula is C10H11NO4. The van der Waals surface area contributed by atoms with E-state index in [1.807, 2.05) is 0 Å². The highest BCUT2D eigenvalue weighted by molar-refractivity contribution is 5.83. The minimum atomic E-state index is -0.871. The number of phenolic OH excluding ortho intramolecular Hbond substituents is 1. The Morgan fingerprint density at radius 2 is 2.27 bits per heavy atom. The van der Waals surface area contributed by atoms with Crippen LogP contribution in [0.4, 0.5) is 4.79 Å². The smallest absolute Gasteiger partial charge is 0.507 e. The molecule has 0 atom stereocenters. The summed E-state index contributed by atoms with van der Waals surface area (Å²) < 4.78 is 4.47. The molecule has 0 aliphatic rings. The maximum atomic E-state index is 10.7. The molecule has 0 radical (unpaired) electrons. The second kappa shape index (κ2) is 5.64. The Labute approximate surface area is 86.9 Å². The van der Waals surface area contributed by atoms with Crippen molar-refractivity contribution >= 4 is 12.4 Å². The number of benzene rings is 1. The zero-order valence-electron chi connectivity index (χ0n) is 8.21. The molecule has 5 nitrogen and oxygen atoms in total. The predicted octanol–water partition coefficient (Wildman–Crippen LogP) is 1.90. The van der Waals surface area contributed by atoms with E-state index in [0.717, 1.165) is 0 Å². The maximum Gasteiger partial charge on any atom is 0.535 e. The quantitative estimate of drug-likeness (QED) is 0.357. The normalized spacial score (nSPS) is 10.2. The van der Waals surface area contributed by atoms with Crippen LogP contribution in [0.3, 0.4) is 0 Å². The van der Waals surface area contributed by atoms with Gasteiger partial charge in [0.1, 0.15) is 5.75 Å². The first-order valence-corrected chi connectivity index (χ1v) is 4.39. The Morgan fingerprint density at radius 1 is 1.53 bits per heavy atom. The van der Waals surface area contributed by atoms with Gasteiger partial charge in [-0.05, 0) is 19.1 Å². The minimum Gasteiger partial charge on any atom is -0.507 e. The van der Waals surface area contributed by atoms with E-state index in [4.69, 9.17) is 0 Å². The standard InChI is InChI=1S/C10H11NO4/c1-2-14-10(13)15-11-7-8-5-3-4-6-9(8)12/h3-7,12H,2H2,1H3. The van der Waals surface area contributed by atoms with Gasteiger partial charge in [0.05, 0.1) is 12.8 Å². The van der Waals surface area contributed by atoms with Gasteiger partial charge in [0.15, 0.2) is 0 Å². The fraction of sp³-hybridized carbons (Fsp3) is 0.200. The van der Waals surface area contributed by atoms with Gasteiger partial charge in [0.2, 0.25) is 0 Å². The monoisotopic (exact) mass is 209 g/mol. The molecule has 15 heavy (non-hydrogen) atoms. The summed E-state index contributed by atoms with van der Waals surface area (Å²) in [6, 6.07) is 6.55. The van der Waals surface area contributed by atoms with Gasteiger partial charge in [-0.15, -0.1) is 0 Å². The minimum absolute atomic E-state index is 0.0636. The summed E-state index contributed by atoms with van der Waals surface area (Å²) in [7, 11) is 0. The number of rotatable bonds is 3. The van der Waals surface area contributed by atoms with E-state index < -0.39 is 6.16 Å². The largest absolute Gasteiger partial charge is 0.535 e. The van der Waals surface area contributed by atoms with Crippen molar-refractivity contribution in [3.63, 3.8) is 0 Å². The SMILES string of the molecule is CCOC(=O)ON=Cc1ccccc1O. The summed E-state index contributed by atoms with van der Waals surface area (Å²) >= 11 is 0. The Hall–Kier alpha value is -2.04. The van der Waals surface area contributed by atoms with Crippen LogP contribution in [0, 0.1) is 0 Å². The van der Waals surface area contributed by atoms with Crippen LogP contribution in [0.2, 0.25) is 0 Å². The highest BCUT2D eigenvalue weighted by atomic mass is 16.8. The molecule has 0 heterocycles. The summed E-state index contributed by atoms with van der Waals surface area (Å²) in [6.45, 7) is 1.89. The van der Waals surface area contributed by atoms with Crippen LogP contribution in [0.25, 0.3) is 0 Å².